The number of carbonyl (C=O) groups is 1. The first-order chi connectivity index (χ1) is 13.0. The van der Waals surface area contributed by atoms with Gasteiger partial charge in [-0.3, -0.25) is 14.7 Å². The maximum Gasteiger partial charge on any atom is 0.291 e. The van der Waals surface area contributed by atoms with Gasteiger partial charge in [0.2, 0.25) is 0 Å². The van der Waals surface area contributed by atoms with Gasteiger partial charge in [0.1, 0.15) is 5.52 Å². The lowest BCUT2D eigenvalue weighted by molar-refractivity contribution is 0.1000. The number of fused-ring (bicyclic) bond motifs is 4. The van der Waals surface area contributed by atoms with Gasteiger partial charge in [-0.15, -0.1) is 11.3 Å². The molecule has 0 bridgehead atoms. The molecule has 5 rings (SSSR count). The molecule has 4 aromatic heterocycles. The van der Waals surface area contributed by atoms with Crippen LogP contribution in [0.25, 0.3) is 32.2 Å². The Morgan fingerprint density at radius 1 is 1.30 bits per heavy atom. The van der Waals surface area contributed by atoms with E-state index in [2.05, 4.69) is 20.3 Å². The fourth-order valence-electron chi connectivity index (χ4n) is 3.34. The molecule has 0 unspecified atom stereocenters. The van der Waals surface area contributed by atoms with E-state index >= 15 is 0 Å². The van der Waals surface area contributed by atoms with E-state index in [1.165, 1.54) is 16.0 Å². The Bertz CT molecular complexity index is 1420. The Labute approximate surface area is 155 Å². The van der Waals surface area contributed by atoms with Gasteiger partial charge in [-0.1, -0.05) is 12.1 Å². The van der Waals surface area contributed by atoms with Crippen molar-refractivity contribution in [3.05, 3.63) is 51.5 Å². The average molecular weight is 379 g/mol. The fraction of sp³-hybridized carbons (Fsp3) is 0.118. The number of nitrogens with two attached hydrogens (primary N) is 1. The second kappa shape index (κ2) is 5.48. The number of aryl methyl sites for hydroxylation is 1. The molecule has 3 N–H and O–H groups in total. The summed E-state index contributed by atoms with van der Waals surface area (Å²) in [4.78, 5) is 28.7. The van der Waals surface area contributed by atoms with Crippen LogP contribution in [0.5, 0.6) is 0 Å². The molecule has 0 spiro atoms. The van der Waals surface area contributed by atoms with E-state index in [4.69, 9.17) is 5.73 Å². The molecule has 9 nitrogen and oxygen atoms in total. The van der Waals surface area contributed by atoms with Crippen LogP contribution in [0.1, 0.15) is 15.4 Å². The molecule has 0 radical (unpaired) electrons. The van der Waals surface area contributed by atoms with Crippen LogP contribution in [0.3, 0.4) is 0 Å². The summed E-state index contributed by atoms with van der Waals surface area (Å²) >= 11 is 1.17. The number of primary amides is 1. The largest absolute Gasteiger partial charge is 0.364 e. The maximum atomic E-state index is 13.1. The first-order valence-corrected chi connectivity index (χ1v) is 8.92. The highest BCUT2D eigenvalue weighted by molar-refractivity contribution is 7.21. The lowest BCUT2D eigenvalue weighted by Gasteiger charge is -2.06. The van der Waals surface area contributed by atoms with Gasteiger partial charge in [0.25, 0.3) is 11.5 Å². The monoisotopic (exact) mass is 379 g/mol. The summed E-state index contributed by atoms with van der Waals surface area (Å²) in [5, 5.41) is 13.1. The number of nitrogens with zero attached hydrogens (tertiary/aromatic N) is 5. The molecule has 0 fully saturated rings. The third-order valence-electron chi connectivity index (χ3n) is 4.63. The molecule has 1 amide bonds. The molecule has 0 saturated carbocycles. The Hall–Kier alpha value is -3.53. The van der Waals surface area contributed by atoms with Crippen LogP contribution in [0.15, 0.2) is 35.4 Å². The summed E-state index contributed by atoms with van der Waals surface area (Å²) in [5.74, 6) is -0.584. The summed E-state index contributed by atoms with van der Waals surface area (Å²) in [6, 6.07) is 5.78. The van der Waals surface area contributed by atoms with Gasteiger partial charge in [0, 0.05) is 17.8 Å². The van der Waals surface area contributed by atoms with Crippen LogP contribution in [0, 0.1) is 0 Å². The Morgan fingerprint density at radius 2 is 2.15 bits per heavy atom. The number of thiazole rings is 1. The van der Waals surface area contributed by atoms with E-state index in [0.29, 0.717) is 23.1 Å². The van der Waals surface area contributed by atoms with Crippen molar-refractivity contribution in [2.45, 2.75) is 6.54 Å². The van der Waals surface area contributed by atoms with Crippen LogP contribution >= 0.6 is 11.3 Å². The molecule has 1 aromatic carbocycles. The highest BCUT2D eigenvalue weighted by Crippen LogP contribution is 2.30. The Morgan fingerprint density at radius 3 is 2.96 bits per heavy atom. The van der Waals surface area contributed by atoms with Crippen molar-refractivity contribution < 1.29 is 4.79 Å². The number of hydrogen-bond donors (Lipinski definition) is 2. The third-order valence-corrected chi connectivity index (χ3v) is 5.72. The third kappa shape index (κ3) is 2.20. The lowest BCUT2D eigenvalue weighted by Crippen LogP contribution is -2.24. The van der Waals surface area contributed by atoms with Crippen LogP contribution in [-0.2, 0) is 13.6 Å². The normalized spacial score (nSPS) is 11.7. The predicted molar refractivity (Wildman–Crippen MR) is 102 cm³/mol. The second-order valence-corrected chi connectivity index (χ2v) is 7.21. The second-order valence-electron chi connectivity index (χ2n) is 6.21. The fourth-order valence-corrected chi connectivity index (χ4v) is 4.30. The lowest BCUT2D eigenvalue weighted by atomic mass is 10.1. The number of nitrogens with one attached hydrogen (secondary N) is 1. The van der Waals surface area contributed by atoms with Gasteiger partial charge in [-0.25, -0.2) is 9.67 Å². The first kappa shape index (κ1) is 15.7. The molecule has 0 aliphatic rings. The highest BCUT2D eigenvalue weighted by atomic mass is 32.1. The van der Waals surface area contributed by atoms with E-state index in [1.807, 2.05) is 18.2 Å². The minimum atomic E-state index is -0.584. The predicted octanol–water partition coefficient (Wildman–Crippen LogP) is 1.37. The van der Waals surface area contributed by atoms with Gasteiger partial charge < -0.3 is 10.3 Å². The number of amides is 1. The molecule has 0 atom stereocenters. The number of aromatic nitrogens is 6. The molecule has 27 heavy (non-hydrogen) atoms. The van der Waals surface area contributed by atoms with Crippen molar-refractivity contribution in [1.29, 1.82) is 0 Å². The summed E-state index contributed by atoms with van der Waals surface area (Å²) in [6.07, 6.45) is 3.37. The maximum absolute atomic E-state index is 13.1. The SMILES string of the molecule is Cn1c2nc(C(N)=O)sc2c2cnn(Cc3cccc4[nH]ncc34)c(=O)c21. The van der Waals surface area contributed by atoms with Crippen molar-refractivity contribution in [1.82, 2.24) is 29.5 Å². The number of H-pyrrole nitrogens is 1. The number of aromatic amines is 1. The van der Waals surface area contributed by atoms with Crippen molar-refractivity contribution >= 4 is 49.4 Å². The van der Waals surface area contributed by atoms with Crippen molar-refractivity contribution in [3.63, 3.8) is 0 Å². The highest BCUT2D eigenvalue weighted by Gasteiger charge is 2.20. The molecule has 10 heteroatoms. The van der Waals surface area contributed by atoms with E-state index in [9.17, 15) is 9.59 Å². The minimum Gasteiger partial charge on any atom is -0.364 e. The Kier molecular flexibility index (Phi) is 3.19. The standard InChI is InChI=1S/C17H13N7O2S/c1-23-12-10(13-15(23)21-16(27-13)14(18)25)6-20-24(17(12)26)7-8-3-2-4-11-9(8)5-19-22-11/h2-6H,7H2,1H3,(H2,18,25)(H,19,22). The molecule has 0 saturated heterocycles. The van der Waals surface area contributed by atoms with Gasteiger partial charge >= 0.3 is 0 Å². The summed E-state index contributed by atoms with van der Waals surface area (Å²) in [5.41, 5.74) is 8.00. The summed E-state index contributed by atoms with van der Waals surface area (Å²) < 4.78 is 3.84. The zero-order chi connectivity index (χ0) is 18.7. The number of benzene rings is 1. The molecular weight excluding hydrogens is 366 g/mol. The quantitative estimate of drug-likeness (QED) is 0.490. The number of carbonyl (C=O) groups excluding carboxylic acids is 1. The van der Waals surface area contributed by atoms with Gasteiger partial charge in [-0.2, -0.15) is 10.2 Å². The van der Waals surface area contributed by atoms with Crippen LogP contribution in [-0.4, -0.2) is 35.4 Å². The smallest absolute Gasteiger partial charge is 0.291 e. The van der Waals surface area contributed by atoms with E-state index < -0.39 is 5.91 Å². The number of hydrogen-bond acceptors (Lipinski definition) is 6. The molecule has 4 heterocycles. The van der Waals surface area contributed by atoms with Crippen molar-refractivity contribution in [2.75, 3.05) is 0 Å². The average Bonchev–Trinajstić information content (AvgIpc) is 3.34. The number of rotatable bonds is 3. The van der Waals surface area contributed by atoms with E-state index in [0.717, 1.165) is 21.2 Å². The van der Waals surface area contributed by atoms with Crippen molar-refractivity contribution in [3.8, 4) is 0 Å². The van der Waals surface area contributed by atoms with Crippen LogP contribution in [0.4, 0.5) is 0 Å². The van der Waals surface area contributed by atoms with Crippen LogP contribution < -0.4 is 11.3 Å². The van der Waals surface area contributed by atoms with E-state index in [-0.39, 0.29) is 10.6 Å². The van der Waals surface area contributed by atoms with Gasteiger partial charge in [0.05, 0.1) is 29.2 Å². The van der Waals surface area contributed by atoms with Gasteiger partial charge in [0.15, 0.2) is 10.7 Å². The molecule has 5 aromatic rings. The molecular formula is C17H13N7O2S. The topological polar surface area (TPSA) is 124 Å². The molecule has 0 aliphatic carbocycles. The zero-order valence-electron chi connectivity index (χ0n) is 14.1. The zero-order valence-corrected chi connectivity index (χ0v) is 14.9. The minimum absolute atomic E-state index is 0.216. The van der Waals surface area contributed by atoms with Gasteiger partial charge in [-0.05, 0) is 11.6 Å². The van der Waals surface area contributed by atoms with Crippen LogP contribution in [0.2, 0.25) is 0 Å². The molecule has 0 aliphatic heterocycles. The van der Waals surface area contributed by atoms with E-state index in [1.54, 1.807) is 24.0 Å². The Balaban J connectivity index is 1.69. The summed E-state index contributed by atoms with van der Waals surface area (Å²) in [6.45, 7) is 0.324. The molecule has 134 valence electrons. The summed E-state index contributed by atoms with van der Waals surface area (Å²) in [7, 11) is 1.75. The van der Waals surface area contributed by atoms with Crippen molar-refractivity contribution in [2.24, 2.45) is 12.8 Å². The first-order valence-electron chi connectivity index (χ1n) is 8.10.